The average Bonchev–Trinajstić information content (AvgIpc) is 2.19. The number of hydrogen-bond donors (Lipinski definition) is 2. The Balaban J connectivity index is 4.40. The topological polar surface area (TPSA) is 118 Å². The zero-order valence-electron chi connectivity index (χ0n) is 9.46. The fourth-order valence-corrected chi connectivity index (χ4v) is 1.75. The molecule has 0 radical (unpaired) electrons. The van der Waals surface area contributed by atoms with E-state index in [1.165, 1.54) is 0 Å². The number of ether oxygens (including phenoxy) is 1. The van der Waals surface area contributed by atoms with E-state index < -0.39 is 33.7 Å². The molecule has 0 heterocycles. The Morgan fingerprint density at radius 3 is 2.29 bits per heavy atom. The van der Waals surface area contributed by atoms with Crippen molar-refractivity contribution < 1.29 is 32.4 Å². The summed E-state index contributed by atoms with van der Waals surface area (Å²) in [6, 6.07) is 0. The van der Waals surface area contributed by atoms with Gasteiger partial charge >= 0.3 is 11.9 Å². The van der Waals surface area contributed by atoms with Crippen LogP contribution in [-0.4, -0.2) is 41.9 Å². The molecule has 1 atom stereocenters. The summed E-state index contributed by atoms with van der Waals surface area (Å²) < 4.78 is 34.9. The van der Waals surface area contributed by atoms with Gasteiger partial charge in [0.05, 0.1) is 13.0 Å². The van der Waals surface area contributed by atoms with E-state index >= 15 is 0 Å². The predicted molar refractivity (Wildman–Crippen MR) is 58.1 cm³/mol. The number of hydrogen-bond acceptors (Lipinski definition) is 5. The molecule has 0 rings (SSSR count). The zero-order chi connectivity index (χ0) is 13.5. The molecule has 0 aliphatic rings. The molecule has 0 aromatic heterocycles. The van der Waals surface area contributed by atoms with E-state index in [0.29, 0.717) is 6.42 Å². The van der Waals surface area contributed by atoms with Crippen LogP contribution in [0.15, 0.2) is 0 Å². The van der Waals surface area contributed by atoms with Gasteiger partial charge in [-0.3, -0.25) is 14.1 Å². The van der Waals surface area contributed by atoms with Crippen molar-refractivity contribution in [1.29, 1.82) is 0 Å². The summed E-state index contributed by atoms with van der Waals surface area (Å²) in [5.41, 5.74) is 0. The molecule has 0 saturated heterocycles. The molecule has 8 heteroatoms. The molecule has 0 aromatic rings. The Hall–Kier alpha value is -1.15. The van der Waals surface area contributed by atoms with Gasteiger partial charge in [-0.25, -0.2) is 0 Å². The van der Waals surface area contributed by atoms with Gasteiger partial charge in [-0.15, -0.1) is 0 Å². The van der Waals surface area contributed by atoms with Crippen molar-refractivity contribution in [1.82, 2.24) is 0 Å². The lowest BCUT2D eigenvalue weighted by Crippen LogP contribution is -2.34. The molecule has 0 bridgehead atoms. The molecule has 0 aliphatic carbocycles. The van der Waals surface area contributed by atoms with Gasteiger partial charge < -0.3 is 9.84 Å². The third-order valence-electron chi connectivity index (χ3n) is 1.97. The van der Waals surface area contributed by atoms with E-state index in [-0.39, 0.29) is 6.61 Å². The smallest absolute Gasteiger partial charge is 0.327 e. The van der Waals surface area contributed by atoms with Crippen LogP contribution < -0.4 is 0 Å². The summed E-state index contributed by atoms with van der Waals surface area (Å²) in [6.45, 7) is 1.95. The van der Waals surface area contributed by atoms with Gasteiger partial charge in [-0.05, 0) is 6.42 Å². The van der Waals surface area contributed by atoms with Gasteiger partial charge in [-0.2, -0.15) is 8.42 Å². The Labute approximate surface area is 99.5 Å². The Kier molecular flexibility index (Phi) is 6.74. The highest BCUT2D eigenvalue weighted by Gasteiger charge is 2.34. The van der Waals surface area contributed by atoms with Crippen LogP contribution in [0.1, 0.15) is 32.6 Å². The fourth-order valence-electron chi connectivity index (χ4n) is 1.09. The first-order valence-electron chi connectivity index (χ1n) is 5.13. The normalized spacial score (nSPS) is 13.1. The molecule has 0 amide bonds. The summed E-state index contributed by atoms with van der Waals surface area (Å²) >= 11 is 0. The maximum Gasteiger partial charge on any atom is 0.327 e. The zero-order valence-corrected chi connectivity index (χ0v) is 10.3. The van der Waals surface area contributed by atoms with Gasteiger partial charge in [0.15, 0.2) is 5.25 Å². The maximum atomic E-state index is 11.3. The van der Waals surface area contributed by atoms with E-state index in [0.717, 1.165) is 12.8 Å². The van der Waals surface area contributed by atoms with E-state index in [1.54, 1.807) is 0 Å². The lowest BCUT2D eigenvalue weighted by Gasteiger charge is -2.11. The Morgan fingerprint density at radius 1 is 1.29 bits per heavy atom. The fraction of sp³-hybridized carbons (Fsp3) is 0.778. The van der Waals surface area contributed by atoms with Crippen LogP contribution >= 0.6 is 0 Å². The number of unbranched alkanes of at least 4 members (excludes halogenated alkanes) is 2. The van der Waals surface area contributed by atoms with Crippen LogP contribution in [0, 0.1) is 0 Å². The Bertz CT molecular complexity index is 360. The number of carboxylic acid groups (broad SMARTS) is 1. The van der Waals surface area contributed by atoms with E-state index in [1.807, 2.05) is 6.92 Å². The van der Waals surface area contributed by atoms with E-state index in [9.17, 15) is 18.0 Å². The molecule has 0 saturated carbocycles. The summed E-state index contributed by atoms with van der Waals surface area (Å²) in [7, 11) is -4.76. The molecule has 0 aromatic carbocycles. The number of carbonyl (C=O) groups excluding carboxylic acids is 1. The third kappa shape index (κ3) is 6.90. The molecule has 100 valence electrons. The summed E-state index contributed by atoms with van der Waals surface area (Å²) in [5.74, 6) is -2.73. The third-order valence-corrected chi connectivity index (χ3v) is 3.05. The quantitative estimate of drug-likeness (QED) is 0.372. The molecular formula is C9H16O7S. The number of esters is 1. The summed E-state index contributed by atoms with van der Waals surface area (Å²) in [6.07, 6.45) is 1.26. The number of rotatable bonds is 8. The summed E-state index contributed by atoms with van der Waals surface area (Å²) in [4.78, 5) is 21.6. The minimum absolute atomic E-state index is 0.0122. The van der Waals surface area contributed by atoms with Crippen molar-refractivity contribution in [2.75, 3.05) is 6.61 Å². The summed E-state index contributed by atoms with van der Waals surface area (Å²) in [5, 5.41) is 6.37. The minimum Gasteiger partial charge on any atom is -0.481 e. The van der Waals surface area contributed by atoms with Crippen LogP contribution in [0.2, 0.25) is 0 Å². The highest BCUT2D eigenvalue weighted by molar-refractivity contribution is 7.87. The SMILES string of the molecule is CCCCCOC(=O)C(CC(=O)O)S(=O)(=O)O. The van der Waals surface area contributed by atoms with Crippen LogP contribution in [0.25, 0.3) is 0 Å². The molecule has 17 heavy (non-hydrogen) atoms. The van der Waals surface area contributed by atoms with Crippen molar-refractivity contribution in [2.45, 2.75) is 37.9 Å². The maximum absolute atomic E-state index is 11.3. The van der Waals surface area contributed by atoms with Crippen LogP contribution in [0.3, 0.4) is 0 Å². The average molecular weight is 268 g/mol. The van der Waals surface area contributed by atoms with E-state index in [2.05, 4.69) is 4.74 Å². The van der Waals surface area contributed by atoms with Crippen molar-refractivity contribution in [3.05, 3.63) is 0 Å². The first-order chi connectivity index (χ1) is 7.79. The largest absolute Gasteiger partial charge is 0.481 e. The van der Waals surface area contributed by atoms with Crippen LogP contribution in [0.5, 0.6) is 0 Å². The molecule has 1 unspecified atom stereocenters. The van der Waals surface area contributed by atoms with Crippen LogP contribution in [-0.2, 0) is 24.4 Å². The molecule has 2 N–H and O–H groups in total. The van der Waals surface area contributed by atoms with Crippen LogP contribution in [0.4, 0.5) is 0 Å². The van der Waals surface area contributed by atoms with Crippen molar-refractivity contribution >= 4 is 22.1 Å². The van der Waals surface area contributed by atoms with Gasteiger partial charge in [0, 0.05) is 0 Å². The highest BCUT2D eigenvalue weighted by Crippen LogP contribution is 2.08. The first-order valence-corrected chi connectivity index (χ1v) is 6.64. The lowest BCUT2D eigenvalue weighted by atomic mass is 10.2. The second kappa shape index (κ2) is 7.23. The second-order valence-electron chi connectivity index (χ2n) is 3.48. The van der Waals surface area contributed by atoms with Crippen molar-refractivity contribution in [3.63, 3.8) is 0 Å². The van der Waals surface area contributed by atoms with Gasteiger partial charge in [0.1, 0.15) is 0 Å². The molecule has 0 aliphatic heterocycles. The monoisotopic (exact) mass is 268 g/mol. The molecule has 7 nitrogen and oxygen atoms in total. The minimum atomic E-state index is -4.76. The lowest BCUT2D eigenvalue weighted by molar-refractivity contribution is -0.147. The van der Waals surface area contributed by atoms with Gasteiger partial charge in [0.2, 0.25) is 0 Å². The van der Waals surface area contributed by atoms with Gasteiger partial charge in [-0.1, -0.05) is 19.8 Å². The molecule has 0 fully saturated rings. The number of carboxylic acids is 1. The molecular weight excluding hydrogens is 252 g/mol. The second-order valence-corrected chi connectivity index (χ2v) is 5.08. The Morgan fingerprint density at radius 2 is 1.88 bits per heavy atom. The first kappa shape index (κ1) is 15.9. The van der Waals surface area contributed by atoms with E-state index in [4.69, 9.17) is 9.66 Å². The van der Waals surface area contributed by atoms with Crippen molar-refractivity contribution in [3.8, 4) is 0 Å². The van der Waals surface area contributed by atoms with Crippen molar-refractivity contribution in [2.24, 2.45) is 0 Å². The standard InChI is InChI=1S/C9H16O7S/c1-2-3-4-5-16-9(12)7(6-8(10)11)17(13,14)15/h7H,2-6H2,1H3,(H,10,11)(H,13,14,15). The predicted octanol–water partition coefficient (Wildman–Crippen LogP) is 0.451. The highest BCUT2D eigenvalue weighted by atomic mass is 32.2. The molecule has 0 spiro atoms. The number of carbonyl (C=O) groups is 2. The number of aliphatic carboxylic acids is 1. The van der Waals surface area contributed by atoms with Gasteiger partial charge in [0.25, 0.3) is 10.1 Å².